The maximum Gasteiger partial charge on any atom is 0.257 e. The highest BCUT2D eigenvalue weighted by Gasteiger charge is 2.14. The highest BCUT2D eigenvalue weighted by molar-refractivity contribution is 7.80. The van der Waals surface area contributed by atoms with Crippen molar-refractivity contribution in [3.8, 4) is 17.2 Å². The highest BCUT2D eigenvalue weighted by Crippen LogP contribution is 2.26. The summed E-state index contributed by atoms with van der Waals surface area (Å²) in [4.78, 5) is 14.6. The first-order valence-corrected chi connectivity index (χ1v) is 12.7. The van der Waals surface area contributed by atoms with Gasteiger partial charge in [0.1, 0.15) is 22.5 Å². The second kappa shape index (κ2) is 10.9. The SMILES string of the molecule is CCOc1cc(OCC)cc(C(=O)NC(=S)Nc2cc3nn(-c4cccc5ccccc45)nc3cc2C)c1. The van der Waals surface area contributed by atoms with E-state index in [-0.39, 0.29) is 11.0 Å². The minimum absolute atomic E-state index is 0.165. The molecule has 9 heteroatoms. The number of nitrogens with zero attached hydrogens (tertiary/aromatic N) is 3. The lowest BCUT2D eigenvalue weighted by atomic mass is 10.1. The molecule has 0 aliphatic heterocycles. The monoisotopic (exact) mass is 525 g/mol. The zero-order valence-corrected chi connectivity index (χ0v) is 22.1. The highest BCUT2D eigenvalue weighted by atomic mass is 32.1. The summed E-state index contributed by atoms with van der Waals surface area (Å²) in [6, 6.07) is 23.1. The van der Waals surface area contributed by atoms with Gasteiger partial charge in [-0.1, -0.05) is 36.4 Å². The zero-order chi connectivity index (χ0) is 26.6. The minimum Gasteiger partial charge on any atom is -0.494 e. The lowest BCUT2D eigenvalue weighted by Crippen LogP contribution is -2.34. The molecular formula is C29H27N5O3S. The average Bonchev–Trinajstić information content (AvgIpc) is 3.31. The van der Waals surface area contributed by atoms with E-state index in [0.717, 1.165) is 33.2 Å². The molecule has 0 spiro atoms. The van der Waals surface area contributed by atoms with Crippen molar-refractivity contribution >= 4 is 50.7 Å². The Bertz CT molecular complexity index is 1630. The van der Waals surface area contributed by atoms with Crippen molar-refractivity contribution in [2.24, 2.45) is 0 Å². The first-order chi connectivity index (χ1) is 18.4. The molecule has 0 atom stereocenters. The summed E-state index contributed by atoms with van der Waals surface area (Å²) >= 11 is 5.45. The second-order valence-electron chi connectivity index (χ2n) is 8.61. The third-order valence-electron chi connectivity index (χ3n) is 5.95. The fraction of sp³-hybridized carbons (Fsp3) is 0.172. The van der Waals surface area contributed by atoms with Crippen molar-refractivity contribution in [1.82, 2.24) is 20.3 Å². The molecule has 0 aliphatic rings. The maximum atomic E-state index is 12.9. The largest absolute Gasteiger partial charge is 0.494 e. The fourth-order valence-electron chi connectivity index (χ4n) is 4.22. The van der Waals surface area contributed by atoms with Gasteiger partial charge < -0.3 is 14.8 Å². The van der Waals surface area contributed by atoms with Crippen molar-refractivity contribution in [3.05, 3.63) is 83.9 Å². The van der Waals surface area contributed by atoms with Gasteiger partial charge in [0.25, 0.3) is 5.91 Å². The molecule has 0 aliphatic carbocycles. The van der Waals surface area contributed by atoms with E-state index < -0.39 is 0 Å². The molecule has 5 rings (SSSR count). The van der Waals surface area contributed by atoms with Crippen molar-refractivity contribution in [3.63, 3.8) is 0 Å². The van der Waals surface area contributed by atoms with Crippen LogP contribution in [0, 0.1) is 6.92 Å². The van der Waals surface area contributed by atoms with Crippen LogP contribution < -0.4 is 20.1 Å². The Hall–Kier alpha value is -4.50. The number of carbonyl (C=O) groups is 1. The quantitative estimate of drug-likeness (QED) is 0.259. The molecule has 5 aromatic rings. The number of fused-ring (bicyclic) bond motifs is 2. The molecule has 0 saturated heterocycles. The van der Waals surface area contributed by atoms with E-state index in [2.05, 4.69) is 28.8 Å². The number of amides is 1. The second-order valence-corrected chi connectivity index (χ2v) is 9.02. The summed E-state index contributed by atoms with van der Waals surface area (Å²) in [5.41, 5.74) is 4.38. The smallest absolute Gasteiger partial charge is 0.257 e. The summed E-state index contributed by atoms with van der Waals surface area (Å²) in [6.45, 7) is 6.66. The lowest BCUT2D eigenvalue weighted by Gasteiger charge is -2.13. The molecule has 192 valence electrons. The Balaban J connectivity index is 1.36. The van der Waals surface area contributed by atoms with E-state index in [1.54, 1.807) is 23.0 Å². The summed E-state index contributed by atoms with van der Waals surface area (Å²) in [7, 11) is 0. The standard InChI is InChI=1S/C29H27N5O3S/c1-4-36-21-14-20(15-22(16-21)37-5-2)28(35)31-29(38)30-24-17-26-25(13-18(24)3)32-34(33-26)27-12-8-10-19-9-6-7-11-23(19)27/h6-17H,4-5H2,1-3H3,(H2,30,31,35,38). The molecule has 0 fully saturated rings. The molecular weight excluding hydrogens is 498 g/mol. The predicted octanol–water partition coefficient (Wildman–Crippen LogP) is 5.81. The Morgan fingerprint density at radius 1 is 0.895 bits per heavy atom. The fourth-order valence-corrected chi connectivity index (χ4v) is 4.43. The third-order valence-corrected chi connectivity index (χ3v) is 6.15. The van der Waals surface area contributed by atoms with Gasteiger partial charge in [-0.2, -0.15) is 0 Å². The number of hydrogen-bond acceptors (Lipinski definition) is 6. The van der Waals surface area contributed by atoms with E-state index in [1.165, 1.54) is 0 Å². The first kappa shape index (κ1) is 25.2. The van der Waals surface area contributed by atoms with Crippen LogP contribution in [-0.2, 0) is 0 Å². The van der Waals surface area contributed by atoms with Crippen molar-refractivity contribution < 1.29 is 14.3 Å². The van der Waals surface area contributed by atoms with Crippen LogP contribution in [0.1, 0.15) is 29.8 Å². The van der Waals surface area contributed by atoms with E-state index in [4.69, 9.17) is 31.9 Å². The molecule has 0 radical (unpaired) electrons. The average molecular weight is 526 g/mol. The lowest BCUT2D eigenvalue weighted by molar-refractivity contribution is 0.0976. The van der Waals surface area contributed by atoms with Crippen molar-refractivity contribution in [2.75, 3.05) is 18.5 Å². The molecule has 0 saturated carbocycles. The Morgan fingerprint density at radius 3 is 2.26 bits per heavy atom. The Labute approximate surface area is 225 Å². The third kappa shape index (κ3) is 5.28. The number of benzene rings is 4. The molecule has 2 N–H and O–H groups in total. The summed E-state index contributed by atoms with van der Waals surface area (Å²) in [5.74, 6) is 0.738. The number of rotatable bonds is 7. The predicted molar refractivity (Wildman–Crippen MR) is 154 cm³/mol. The first-order valence-electron chi connectivity index (χ1n) is 12.3. The molecule has 1 amide bonds. The molecule has 1 heterocycles. The van der Waals surface area contributed by atoms with Crippen molar-refractivity contribution in [2.45, 2.75) is 20.8 Å². The van der Waals surface area contributed by atoms with Crippen LogP contribution in [-0.4, -0.2) is 39.2 Å². The summed E-state index contributed by atoms with van der Waals surface area (Å²) < 4.78 is 11.2. The van der Waals surface area contributed by atoms with Crippen LogP contribution in [0.5, 0.6) is 11.5 Å². The Morgan fingerprint density at radius 2 is 1.55 bits per heavy atom. The number of thiocarbonyl (C=S) groups is 1. The van der Waals surface area contributed by atoms with E-state index in [1.807, 2.05) is 57.2 Å². The summed E-state index contributed by atoms with van der Waals surface area (Å²) in [5, 5.41) is 17.6. The van der Waals surface area contributed by atoms with Gasteiger partial charge in [-0.05, 0) is 74.3 Å². The van der Waals surface area contributed by atoms with E-state index >= 15 is 0 Å². The molecule has 8 nitrogen and oxygen atoms in total. The number of aryl methyl sites for hydroxylation is 1. The van der Waals surface area contributed by atoms with Crippen LogP contribution in [0.4, 0.5) is 5.69 Å². The van der Waals surface area contributed by atoms with Crippen LogP contribution in [0.15, 0.2) is 72.8 Å². The number of hydrogen-bond donors (Lipinski definition) is 2. The van der Waals surface area contributed by atoms with Gasteiger partial charge in [0, 0.05) is 22.7 Å². The van der Waals surface area contributed by atoms with Gasteiger partial charge in [-0.25, -0.2) is 0 Å². The molecule has 0 bridgehead atoms. The van der Waals surface area contributed by atoms with Gasteiger partial charge in [0.15, 0.2) is 5.11 Å². The van der Waals surface area contributed by atoms with Gasteiger partial charge in [-0.3, -0.25) is 10.1 Å². The van der Waals surface area contributed by atoms with Gasteiger partial charge in [-0.15, -0.1) is 15.0 Å². The van der Waals surface area contributed by atoms with Crippen LogP contribution >= 0.6 is 12.2 Å². The number of nitrogens with one attached hydrogen (secondary N) is 2. The van der Waals surface area contributed by atoms with Crippen LogP contribution in [0.25, 0.3) is 27.5 Å². The molecule has 4 aromatic carbocycles. The van der Waals surface area contributed by atoms with E-state index in [0.29, 0.717) is 35.8 Å². The number of carbonyl (C=O) groups excluding carboxylic acids is 1. The molecule has 0 unspecified atom stereocenters. The molecule has 38 heavy (non-hydrogen) atoms. The van der Waals surface area contributed by atoms with E-state index in [9.17, 15) is 4.79 Å². The van der Waals surface area contributed by atoms with Gasteiger partial charge in [0.05, 0.1) is 18.9 Å². The maximum absolute atomic E-state index is 12.9. The molecule has 1 aromatic heterocycles. The van der Waals surface area contributed by atoms with Crippen LogP contribution in [0.3, 0.4) is 0 Å². The Kier molecular flexibility index (Phi) is 7.19. The number of ether oxygens (including phenoxy) is 2. The number of anilines is 1. The summed E-state index contributed by atoms with van der Waals surface area (Å²) in [6.07, 6.45) is 0. The van der Waals surface area contributed by atoms with Crippen LogP contribution in [0.2, 0.25) is 0 Å². The van der Waals surface area contributed by atoms with Gasteiger partial charge >= 0.3 is 0 Å². The topological polar surface area (TPSA) is 90.3 Å². The number of aromatic nitrogens is 3. The van der Waals surface area contributed by atoms with Crippen molar-refractivity contribution in [1.29, 1.82) is 0 Å². The van der Waals surface area contributed by atoms with Gasteiger partial charge in [0.2, 0.25) is 0 Å². The minimum atomic E-state index is -0.370. The zero-order valence-electron chi connectivity index (χ0n) is 21.3. The normalized spacial score (nSPS) is 10.9.